The van der Waals surface area contributed by atoms with Crippen molar-refractivity contribution in [2.24, 2.45) is 0 Å². The Morgan fingerprint density at radius 2 is 1.40 bits per heavy atom. The van der Waals surface area contributed by atoms with Crippen LogP contribution in [0.25, 0.3) is 0 Å². The van der Waals surface area contributed by atoms with E-state index in [4.69, 9.17) is 28.0 Å². The summed E-state index contributed by atoms with van der Waals surface area (Å²) in [7, 11) is 1.66. The molecule has 0 spiro atoms. The van der Waals surface area contributed by atoms with Gasteiger partial charge in [-0.1, -0.05) is 0 Å². The zero-order chi connectivity index (χ0) is 31.7. The minimum Gasteiger partial charge on any atom is 0 e. The molecule has 11 heteroatoms. The molecular formula is C34H42N2O6PSeU-. The van der Waals surface area contributed by atoms with Gasteiger partial charge in [0.15, 0.2) is 0 Å². The van der Waals surface area contributed by atoms with Crippen molar-refractivity contribution in [1.82, 2.24) is 4.67 Å². The smallest absolute Gasteiger partial charge is 0 e. The first-order valence-electron chi connectivity index (χ1n) is 14.6. The predicted octanol–water partition coefficient (Wildman–Crippen LogP) is 7.34. The molecule has 45 heavy (non-hydrogen) atoms. The topological polar surface area (TPSA) is 82.4 Å². The molecule has 8 nitrogen and oxygen atoms in total. The van der Waals surface area contributed by atoms with Gasteiger partial charge >= 0.3 is 270 Å². The molecule has 2 unspecified atom stereocenters. The molecule has 0 aliphatic carbocycles. The summed E-state index contributed by atoms with van der Waals surface area (Å²) in [4.78, 5) is 0.0673. The van der Waals surface area contributed by atoms with Crippen molar-refractivity contribution in [1.29, 1.82) is 5.26 Å². The number of rotatable bonds is 15. The van der Waals surface area contributed by atoms with Gasteiger partial charge < -0.3 is 0 Å². The molecule has 1 fully saturated rings. The van der Waals surface area contributed by atoms with Crippen LogP contribution in [0, 0.1) is 49.2 Å². The van der Waals surface area contributed by atoms with Gasteiger partial charge in [-0.05, 0) is 0 Å². The van der Waals surface area contributed by atoms with Gasteiger partial charge in [0.05, 0.1) is 0 Å². The number of nitriles is 1. The largest absolute Gasteiger partial charge is 0 e. The maximum Gasteiger partial charge on any atom is 0 e. The van der Waals surface area contributed by atoms with Gasteiger partial charge in [-0.15, -0.1) is 0 Å². The van der Waals surface area contributed by atoms with Gasteiger partial charge in [0.2, 0.25) is 0 Å². The van der Waals surface area contributed by atoms with Crippen molar-refractivity contribution in [3.63, 3.8) is 0 Å². The zero-order valence-electron chi connectivity index (χ0n) is 26.9. The van der Waals surface area contributed by atoms with Crippen LogP contribution < -0.4 is 9.47 Å². The van der Waals surface area contributed by atoms with Crippen LogP contribution in [0.4, 0.5) is 0 Å². The van der Waals surface area contributed by atoms with Gasteiger partial charge in [0, 0.05) is 31.1 Å². The fraction of sp³-hybridized carbons (Fsp3) is 0.412. The number of hydrogen-bond donors (Lipinski definition) is 0. The van der Waals surface area contributed by atoms with E-state index >= 15 is 0 Å². The maximum atomic E-state index is 9.53. The summed E-state index contributed by atoms with van der Waals surface area (Å²) >= 11 is 0.191. The van der Waals surface area contributed by atoms with Crippen LogP contribution in [-0.2, 0) is 24.1 Å². The standard InChI is InChI=1S/C34H42N2O6PSe.U/c1-24(2)36(25(3)4)43(41-23-35)42-33-31(39-22-32(33)44-7)21-40-34(26-11-9-8-10-12-26,27-13-17-29(37-5)18-14-27)28-15-19-30(38-6)20-16-28;/h8-20,22,24-25,31-33H,21H2,1-7H3;/q-1;/t31-,32-,33?,43?;/m1./s1. The first kappa shape index (κ1) is 37.8. The maximum absolute atomic E-state index is 9.53. The summed E-state index contributed by atoms with van der Waals surface area (Å²) in [6.45, 7) is 10.4. The van der Waals surface area contributed by atoms with Crippen LogP contribution in [0.5, 0.6) is 11.5 Å². The van der Waals surface area contributed by atoms with E-state index in [-0.39, 0.29) is 75.7 Å². The summed E-state index contributed by atoms with van der Waals surface area (Å²) in [5.41, 5.74) is 1.85. The van der Waals surface area contributed by atoms with Gasteiger partial charge in [-0.2, -0.15) is 0 Å². The van der Waals surface area contributed by atoms with Crippen molar-refractivity contribution in [3.8, 4) is 17.8 Å². The molecule has 3 aromatic carbocycles. The minimum atomic E-state index is -1.66. The molecular weight excluding hydrogens is 880 g/mol. The van der Waals surface area contributed by atoms with Gasteiger partial charge in [0.1, 0.15) is 0 Å². The Morgan fingerprint density at radius 1 is 0.889 bits per heavy atom. The van der Waals surface area contributed by atoms with Crippen LogP contribution in [-0.4, -0.2) is 64.7 Å². The van der Waals surface area contributed by atoms with Crippen molar-refractivity contribution in [3.05, 3.63) is 102 Å². The molecule has 1 aliphatic rings. The third-order valence-electron chi connectivity index (χ3n) is 7.56. The Kier molecular flexibility index (Phi) is 15.2. The van der Waals surface area contributed by atoms with E-state index in [0.29, 0.717) is 0 Å². The molecule has 0 radical (unpaired) electrons. The summed E-state index contributed by atoms with van der Waals surface area (Å²) in [5, 5.41) is 9.53. The van der Waals surface area contributed by atoms with E-state index in [2.05, 4.69) is 50.3 Å². The predicted molar refractivity (Wildman–Crippen MR) is 173 cm³/mol. The molecule has 4 atom stereocenters. The van der Waals surface area contributed by atoms with Crippen LogP contribution in [0.2, 0.25) is 10.6 Å². The molecule has 240 valence electrons. The fourth-order valence-corrected chi connectivity index (χ4v) is 8.66. The number of benzene rings is 3. The Balaban J connectivity index is 0.00000552. The number of methoxy groups -OCH3 is 2. The van der Waals surface area contributed by atoms with E-state index in [1.807, 2.05) is 79.6 Å². The van der Waals surface area contributed by atoms with Gasteiger partial charge in [0.25, 0.3) is 0 Å². The van der Waals surface area contributed by atoms with Crippen molar-refractivity contribution in [2.75, 3.05) is 20.8 Å². The minimum absolute atomic E-state index is 0. The molecule has 0 aromatic heterocycles. The molecule has 0 saturated carbocycles. The van der Waals surface area contributed by atoms with E-state index in [1.54, 1.807) is 14.2 Å². The summed E-state index contributed by atoms with van der Waals surface area (Å²) < 4.78 is 38.7. The zero-order valence-corrected chi connectivity index (χ0v) is 33.6. The molecule has 0 N–H and O–H groups in total. The second kappa shape index (κ2) is 18.1. The third kappa shape index (κ3) is 8.85. The average Bonchev–Trinajstić information content (AvgIpc) is 3.43. The monoisotopic (exact) mass is 923 g/mol. The molecule has 1 heterocycles. The van der Waals surface area contributed by atoms with Crippen LogP contribution in [0.15, 0.2) is 78.9 Å². The Bertz CT molecular complexity index is 1290. The van der Waals surface area contributed by atoms with Crippen LogP contribution in [0.1, 0.15) is 44.4 Å². The molecule has 1 saturated heterocycles. The third-order valence-corrected chi connectivity index (χ3v) is 11.5. The molecule has 0 amide bonds. The van der Waals surface area contributed by atoms with Gasteiger partial charge in [-0.25, -0.2) is 0 Å². The number of nitrogens with zero attached hydrogens (tertiary/aromatic N) is 2. The molecule has 4 rings (SSSR count). The van der Waals surface area contributed by atoms with E-state index in [1.165, 1.54) is 0 Å². The summed E-state index contributed by atoms with van der Waals surface area (Å²) in [6, 6.07) is 26.3. The van der Waals surface area contributed by atoms with Crippen molar-refractivity contribution >= 4 is 23.5 Å². The fourth-order valence-electron chi connectivity index (χ4n) is 5.51. The average molecular weight is 923 g/mol. The van der Waals surface area contributed by atoms with E-state index in [0.717, 1.165) is 28.2 Å². The first-order chi connectivity index (χ1) is 21.3. The van der Waals surface area contributed by atoms with Gasteiger partial charge in [-0.3, -0.25) is 0 Å². The normalized spacial score (nSPS) is 18.8. The Hall–Kier alpha value is -1.61. The molecule has 3 aromatic rings. The van der Waals surface area contributed by atoms with Crippen LogP contribution in [0.3, 0.4) is 0 Å². The second-order valence-corrected chi connectivity index (χ2v) is 14.3. The van der Waals surface area contributed by atoms with E-state index in [9.17, 15) is 5.26 Å². The molecule has 1 aliphatic heterocycles. The number of ether oxygens (including phenoxy) is 4. The number of hydrogen-bond acceptors (Lipinski definition) is 8. The quantitative estimate of drug-likeness (QED) is 0.0516. The second-order valence-electron chi connectivity index (χ2n) is 10.9. The summed E-state index contributed by atoms with van der Waals surface area (Å²) in [6.07, 6.45) is 1.11. The summed E-state index contributed by atoms with van der Waals surface area (Å²) in [5.74, 6) is 3.67. The Labute approximate surface area is 299 Å². The first-order valence-corrected chi connectivity index (χ1v) is 18.4. The Morgan fingerprint density at radius 3 is 1.84 bits per heavy atom. The van der Waals surface area contributed by atoms with Crippen LogP contribution >= 0.6 is 8.53 Å². The van der Waals surface area contributed by atoms with Crippen molar-refractivity contribution in [2.45, 2.75) is 68.2 Å². The SMILES string of the molecule is COc1ccc(C(OC[C@H]2O[CH-][C@@H]([Se]C)C2OP(OC#N)N(C(C)C)C(C)C)(c2ccccc2)c2ccc(OC)cc2)cc1.[U]. The van der Waals surface area contributed by atoms with Crippen molar-refractivity contribution < 1.29 is 59.1 Å². The van der Waals surface area contributed by atoms with E-state index < -0.39 is 20.2 Å². The molecule has 0 bridgehead atoms.